The third-order valence-electron chi connectivity index (χ3n) is 4.20. The number of carbonyl (C=O) groups is 1. The molecular weight excluding hydrogens is 294 g/mol. The van der Waals surface area contributed by atoms with Crippen LogP contribution in [0.1, 0.15) is 44.1 Å². The van der Waals surface area contributed by atoms with Gasteiger partial charge in [0.2, 0.25) is 5.91 Å². The topological polar surface area (TPSA) is 76.0 Å². The molecule has 0 aliphatic carbocycles. The van der Waals surface area contributed by atoms with Crippen molar-refractivity contribution in [2.45, 2.75) is 38.8 Å². The molecule has 0 saturated carbocycles. The number of rotatable bonds is 5. The van der Waals surface area contributed by atoms with Gasteiger partial charge >= 0.3 is 0 Å². The zero-order chi connectivity index (χ0) is 16.2. The fourth-order valence-electron chi connectivity index (χ4n) is 2.77. The number of morpholine rings is 1. The molecule has 23 heavy (non-hydrogen) atoms. The molecule has 0 aromatic carbocycles. The molecule has 3 rings (SSSR count). The van der Waals surface area contributed by atoms with Gasteiger partial charge in [0.15, 0.2) is 5.82 Å². The molecule has 7 heteroatoms. The molecule has 0 radical (unpaired) electrons. The summed E-state index contributed by atoms with van der Waals surface area (Å²) in [7, 11) is 0. The lowest BCUT2D eigenvalue weighted by Crippen LogP contribution is -2.43. The van der Waals surface area contributed by atoms with Gasteiger partial charge in [0.1, 0.15) is 11.9 Å². The highest BCUT2D eigenvalue weighted by molar-refractivity contribution is 5.76. The molecule has 1 aliphatic heterocycles. The summed E-state index contributed by atoms with van der Waals surface area (Å²) in [6.07, 6.45) is 5.01. The fraction of sp³-hybridized carbons (Fsp3) is 0.562. The van der Waals surface area contributed by atoms with Gasteiger partial charge in [-0.2, -0.15) is 5.10 Å². The first-order valence-corrected chi connectivity index (χ1v) is 8.10. The lowest BCUT2D eigenvalue weighted by molar-refractivity contribution is -0.140. The number of nitrogens with one attached hydrogen (secondary N) is 1. The van der Waals surface area contributed by atoms with E-state index in [1.54, 1.807) is 0 Å². The second-order valence-electron chi connectivity index (χ2n) is 5.88. The van der Waals surface area contributed by atoms with Crippen LogP contribution in [0.25, 0.3) is 0 Å². The predicted octanol–water partition coefficient (Wildman–Crippen LogP) is 1.72. The summed E-state index contributed by atoms with van der Waals surface area (Å²) >= 11 is 0. The Kier molecular flexibility index (Phi) is 4.76. The van der Waals surface area contributed by atoms with Crippen LogP contribution in [0.3, 0.4) is 0 Å². The van der Waals surface area contributed by atoms with E-state index < -0.39 is 0 Å². The Bertz CT molecular complexity index is 637. The SMILES string of the molecule is CCc1nc([C@@H]2CN(C(=O)C[C@@H](C)n3cccc3)CCO2)n[nH]1. The molecule has 0 bridgehead atoms. The number of amides is 1. The van der Waals surface area contributed by atoms with E-state index in [1.807, 2.05) is 36.4 Å². The van der Waals surface area contributed by atoms with Gasteiger partial charge in [0.25, 0.3) is 0 Å². The van der Waals surface area contributed by atoms with Crippen LogP contribution in [-0.2, 0) is 16.0 Å². The minimum Gasteiger partial charge on any atom is -0.366 e. The van der Waals surface area contributed by atoms with Crippen LogP contribution in [0, 0.1) is 0 Å². The average Bonchev–Trinajstić information content (AvgIpc) is 3.26. The van der Waals surface area contributed by atoms with Gasteiger partial charge < -0.3 is 14.2 Å². The molecule has 1 amide bonds. The maximum absolute atomic E-state index is 12.6. The lowest BCUT2D eigenvalue weighted by Gasteiger charge is -2.32. The number of hydrogen-bond donors (Lipinski definition) is 1. The van der Waals surface area contributed by atoms with Crippen LogP contribution in [0.2, 0.25) is 0 Å². The molecule has 2 aromatic heterocycles. The quantitative estimate of drug-likeness (QED) is 0.911. The van der Waals surface area contributed by atoms with E-state index in [2.05, 4.69) is 26.7 Å². The van der Waals surface area contributed by atoms with Crippen LogP contribution < -0.4 is 0 Å². The lowest BCUT2D eigenvalue weighted by atomic mass is 10.2. The first kappa shape index (κ1) is 15.7. The highest BCUT2D eigenvalue weighted by atomic mass is 16.5. The van der Waals surface area contributed by atoms with Crippen molar-refractivity contribution in [1.82, 2.24) is 24.6 Å². The number of nitrogens with zero attached hydrogens (tertiary/aromatic N) is 4. The number of hydrogen-bond acceptors (Lipinski definition) is 4. The summed E-state index contributed by atoms with van der Waals surface area (Å²) < 4.78 is 7.79. The molecule has 3 heterocycles. The minimum absolute atomic E-state index is 0.144. The molecule has 2 aromatic rings. The molecule has 1 aliphatic rings. The fourth-order valence-corrected chi connectivity index (χ4v) is 2.77. The summed E-state index contributed by atoms with van der Waals surface area (Å²) in [5, 5.41) is 7.10. The summed E-state index contributed by atoms with van der Waals surface area (Å²) in [6.45, 7) is 5.73. The van der Waals surface area contributed by atoms with E-state index in [4.69, 9.17) is 4.74 Å². The highest BCUT2D eigenvalue weighted by Gasteiger charge is 2.28. The predicted molar refractivity (Wildman–Crippen MR) is 84.8 cm³/mol. The summed E-state index contributed by atoms with van der Waals surface area (Å²) in [5.41, 5.74) is 0. The number of carbonyl (C=O) groups excluding carboxylic acids is 1. The van der Waals surface area contributed by atoms with E-state index in [9.17, 15) is 4.79 Å². The van der Waals surface area contributed by atoms with Crippen LogP contribution in [0.15, 0.2) is 24.5 Å². The number of aromatic amines is 1. The molecule has 0 unspecified atom stereocenters. The number of aryl methyl sites for hydroxylation is 1. The molecule has 1 fully saturated rings. The van der Waals surface area contributed by atoms with E-state index >= 15 is 0 Å². The first-order valence-electron chi connectivity index (χ1n) is 8.10. The third kappa shape index (κ3) is 3.61. The van der Waals surface area contributed by atoms with Crippen molar-refractivity contribution in [2.24, 2.45) is 0 Å². The monoisotopic (exact) mass is 317 g/mol. The Morgan fingerprint density at radius 2 is 2.26 bits per heavy atom. The largest absolute Gasteiger partial charge is 0.366 e. The molecule has 124 valence electrons. The van der Waals surface area contributed by atoms with Gasteiger partial charge in [-0.25, -0.2) is 4.98 Å². The van der Waals surface area contributed by atoms with Gasteiger partial charge in [-0.3, -0.25) is 9.89 Å². The second kappa shape index (κ2) is 6.95. The zero-order valence-corrected chi connectivity index (χ0v) is 13.6. The maximum atomic E-state index is 12.6. The van der Waals surface area contributed by atoms with Crippen LogP contribution in [-0.4, -0.2) is 50.3 Å². The Labute approximate surface area is 135 Å². The third-order valence-corrected chi connectivity index (χ3v) is 4.20. The highest BCUT2D eigenvalue weighted by Crippen LogP contribution is 2.21. The van der Waals surface area contributed by atoms with E-state index in [1.165, 1.54) is 0 Å². The average molecular weight is 317 g/mol. The van der Waals surface area contributed by atoms with Gasteiger partial charge in [-0.1, -0.05) is 6.92 Å². The smallest absolute Gasteiger partial charge is 0.224 e. The molecule has 2 atom stereocenters. The summed E-state index contributed by atoms with van der Waals surface area (Å²) in [4.78, 5) is 18.8. The molecule has 1 saturated heterocycles. The van der Waals surface area contributed by atoms with Crippen molar-refractivity contribution in [3.05, 3.63) is 36.2 Å². The molecule has 1 N–H and O–H groups in total. The molecular formula is C16H23N5O2. The Morgan fingerprint density at radius 1 is 1.48 bits per heavy atom. The zero-order valence-electron chi connectivity index (χ0n) is 13.6. The summed E-state index contributed by atoms with van der Waals surface area (Å²) in [5.74, 6) is 1.62. The van der Waals surface area contributed by atoms with E-state index in [-0.39, 0.29) is 18.1 Å². The summed E-state index contributed by atoms with van der Waals surface area (Å²) in [6, 6.07) is 4.09. The maximum Gasteiger partial charge on any atom is 0.224 e. The van der Waals surface area contributed by atoms with Crippen molar-refractivity contribution < 1.29 is 9.53 Å². The van der Waals surface area contributed by atoms with Crippen LogP contribution in [0.5, 0.6) is 0 Å². The van der Waals surface area contributed by atoms with Crippen molar-refractivity contribution in [3.8, 4) is 0 Å². The minimum atomic E-state index is -0.244. The van der Waals surface area contributed by atoms with Crippen molar-refractivity contribution in [2.75, 3.05) is 19.7 Å². The first-order chi connectivity index (χ1) is 11.2. The van der Waals surface area contributed by atoms with Gasteiger partial charge in [0.05, 0.1) is 13.2 Å². The van der Waals surface area contributed by atoms with Gasteiger partial charge in [0, 0.05) is 37.8 Å². The van der Waals surface area contributed by atoms with Crippen LogP contribution >= 0.6 is 0 Å². The normalized spacial score (nSPS) is 19.7. The molecule has 7 nitrogen and oxygen atoms in total. The van der Waals surface area contributed by atoms with Crippen LogP contribution in [0.4, 0.5) is 0 Å². The van der Waals surface area contributed by atoms with Crippen molar-refractivity contribution >= 4 is 5.91 Å². The van der Waals surface area contributed by atoms with Crippen molar-refractivity contribution in [3.63, 3.8) is 0 Å². The van der Waals surface area contributed by atoms with Crippen molar-refractivity contribution in [1.29, 1.82) is 0 Å². The Morgan fingerprint density at radius 3 is 2.96 bits per heavy atom. The van der Waals surface area contributed by atoms with Gasteiger partial charge in [-0.05, 0) is 19.1 Å². The van der Waals surface area contributed by atoms with E-state index in [0.717, 1.165) is 12.2 Å². The van der Waals surface area contributed by atoms with E-state index in [0.29, 0.717) is 31.9 Å². The molecule has 0 spiro atoms. The second-order valence-corrected chi connectivity index (χ2v) is 5.88. The standard InChI is InChI=1S/C16H23N5O2/c1-3-14-17-16(19-18-14)13-11-21(8-9-23-13)15(22)10-12(2)20-6-4-5-7-20/h4-7,12-13H,3,8-11H2,1-2H3,(H,17,18,19)/t12-,13+/m1/s1. The Balaban J connectivity index is 1.60. The number of ether oxygens (including phenoxy) is 1. The van der Waals surface area contributed by atoms with Gasteiger partial charge in [-0.15, -0.1) is 0 Å². The Hall–Kier alpha value is -2.15. The number of H-pyrrole nitrogens is 1. The number of aromatic nitrogens is 4.